The Morgan fingerprint density at radius 3 is 2.27 bits per heavy atom. The van der Waals surface area contributed by atoms with Gasteiger partial charge in [0.1, 0.15) is 25.1 Å². The van der Waals surface area contributed by atoms with Gasteiger partial charge in [0.25, 0.3) is 0 Å². The van der Waals surface area contributed by atoms with E-state index in [1.54, 1.807) is 18.2 Å². The van der Waals surface area contributed by atoms with Gasteiger partial charge in [0.2, 0.25) is 5.88 Å². The monoisotopic (exact) mass is 536 g/mol. The molecule has 0 aliphatic carbocycles. The fourth-order valence-corrected chi connectivity index (χ4v) is 11.1. The first-order valence-electron chi connectivity index (χ1n) is 12.5. The zero-order chi connectivity index (χ0) is 27.1. The van der Waals surface area contributed by atoms with Crippen LogP contribution in [-0.2, 0) is 0 Å². The van der Waals surface area contributed by atoms with E-state index in [4.69, 9.17) is 16.3 Å². The van der Waals surface area contributed by atoms with Crippen molar-refractivity contribution in [3.63, 3.8) is 0 Å². The molecule has 0 N–H and O–H groups in total. The average molecular weight is 537 g/mol. The largest absolute Gasteiger partial charge is 0.481 e. The number of pyridine rings is 2. The standard InChI is InChI=1S/C30H31ClF2N2OSi/c1-17(2)37(18(3)4,19(5)6)14-13-21-25(32)12-11-20-9-8-10-22(27(20)21)29-28(33)30-23(16-34-29)24(31)15-26(35-30)36-7/h8-12,15-19H,1-7H3. The van der Waals surface area contributed by atoms with Gasteiger partial charge in [-0.05, 0) is 28.1 Å². The van der Waals surface area contributed by atoms with Crippen LogP contribution in [-0.4, -0.2) is 25.2 Å². The molecular weight excluding hydrogens is 506 g/mol. The first-order chi connectivity index (χ1) is 17.5. The van der Waals surface area contributed by atoms with Gasteiger partial charge in [-0.15, -0.1) is 5.54 Å². The van der Waals surface area contributed by atoms with Gasteiger partial charge >= 0.3 is 0 Å². The summed E-state index contributed by atoms with van der Waals surface area (Å²) >= 11 is 6.32. The van der Waals surface area contributed by atoms with E-state index < -0.39 is 19.7 Å². The maximum atomic E-state index is 15.9. The van der Waals surface area contributed by atoms with Crippen LogP contribution in [0.5, 0.6) is 5.88 Å². The predicted octanol–water partition coefficient (Wildman–Crippen LogP) is 8.96. The molecule has 0 radical (unpaired) electrons. The second-order valence-corrected chi connectivity index (χ2v) is 16.3. The van der Waals surface area contributed by atoms with Crippen molar-refractivity contribution < 1.29 is 13.5 Å². The van der Waals surface area contributed by atoms with Gasteiger partial charge in [-0.25, -0.2) is 13.8 Å². The minimum Gasteiger partial charge on any atom is -0.481 e. The molecule has 0 saturated carbocycles. The second-order valence-electron chi connectivity index (χ2n) is 10.3. The Bertz CT molecular complexity index is 1540. The van der Waals surface area contributed by atoms with Crippen molar-refractivity contribution >= 4 is 41.4 Å². The summed E-state index contributed by atoms with van der Waals surface area (Å²) in [6.45, 7) is 13.3. The molecule has 0 unspecified atom stereocenters. The molecule has 0 fully saturated rings. The molecule has 192 valence electrons. The van der Waals surface area contributed by atoms with E-state index in [0.717, 1.165) is 5.39 Å². The predicted molar refractivity (Wildman–Crippen MR) is 152 cm³/mol. The number of halogens is 3. The molecule has 0 bridgehead atoms. The smallest absolute Gasteiger partial charge is 0.215 e. The highest BCUT2D eigenvalue weighted by atomic mass is 35.5. The zero-order valence-corrected chi connectivity index (χ0v) is 24.0. The van der Waals surface area contributed by atoms with Crippen LogP contribution in [0.3, 0.4) is 0 Å². The first kappa shape index (κ1) is 27.0. The number of methoxy groups -OCH3 is 1. The van der Waals surface area contributed by atoms with Crippen molar-refractivity contribution in [3.8, 4) is 28.6 Å². The Kier molecular flexibility index (Phi) is 7.59. The highest BCUT2D eigenvalue weighted by Gasteiger charge is 2.41. The summed E-state index contributed by atoms with van der Waals surface area (Å²) in [4.78, 5) is 8.67. The number of rotatable bonds is 5. The third-order valence-corrected chi connectivity index (χ3v) is 14.1. The van der Waals surface area contributed by atoms with E-state index >= 15 is 8.78 Å². The lowest BCUT2D eigenvalue weighted by molar-refractivity contribution is 0.399. The van der Waals surface area contributed by atoms with Crippen molar-refractivity contribution in [2.45, 2.75) is 58.2 Å². The van der Waals surface area contributed by atoms with E-state index in [0.29, 0.717) is 33.0 Å². The highest BCUT2D eigenvalue weighted by molar-refractivity contribution is 6.90. The van der Waals surface area contributed by atoms with Crippen molar-refractivity contribution in [3.05, 3.63) is 64.8 Å². The minimum absolute atomic E-state index is 0.0428. The molecule has 0 aliphatic rings. The Balaban J connectivity index is 2.05. The molecule has 2 aromatic heterocycles. The fourth-order valence-electron chi connectivity index (χ4n) is 5.66. The lowest BCUT2D eigenvalue weighted by Crippen LogP contribution is -2.43. The topological polar surface area (TPSA) is 35.0 Å². The van der Waals surface area contributed by atoms with Gasteiger partial charge in [0.15, 0.2) is 5.82 Å². The van der Waals surface area contributed by atoms with E-state index in [-0.39, 0.29) is 27.7 Å². The molecule has 0 aliphatic heterocycles. The Hall–Kier alpha value is -3.01. The van der Waals surface area contributed by atoms with E-state index in [9.17, 15) is 0 Å². The third-order valence-electron chi connectivity index (χ3n) is 7.45. The number of ether oxygens (including phenoxy) is 1. The molecule has 7 heteroatoms. The van der Waals surface area contributed by atoms with Crippen LogP contribution < -0.4 is 4.74 Å². The maximum absolute atomic E-state index is 15.9. The van der Waals surface area contributed by atoms with Gasteiger partial charge in [0.05, 0.1) is 17.7 Å². The van der Waals surface area contributed by atoms with Crippen LogP contribution in [0.4, 0.5) is 8.78 Å². The Morgan fingerprint density at radius 2 is 1.65 bits per heavy atom. The van der Waals surface area contributed by atoms with Crippen LogP contribution in [0.1, 0.15) is 47.1 Å². The van der Waals surface area contributed by atoms with Gasteiger partial charge in [0, 0.05) is 28.6 Å². The number of fused-ring (bicyclic) bond motifs is 2. The second kappa shape index (κ2) is 10.4. The van der Waals surface area contributed by atoms with Gasteiger partial charge in [-0.1, -0.05) is 83.3 Å². The lowest BCUT2D eigenvalue weighted by atomic mass is 9.96. The summed E-state index contributed by atoms with van der Waals surface area (Å²) in [5, 5.41) is 1.95. The van der Waals surface area contributed by atoms with Crippen LogP contribution in [0, 0.1) is 23.1 Å². The van der Waals surface area contributed by atoms with Gasteiger partial charge in [-0.2, -0.15) is 0 Å². The van der Waals surface area contributed by atoms with Crippen LogP contribution >= 0.6 is 11.6 Å². The molecule has 2 aromatic carbocycles. The van der Waals surface area contributed by atoms with Crippen molar-refractivity contribution in [1.82, 2.24) is 9.97 Å². The van der Waals surface area contributed by atoms with Crippen molar-refractivity contribution in [1.29, 1.82) is 0 Å². The summed E-state index contributed by atoms with van der Waals surface area (Å²) in [5.74, 6) is 2.38. The Morgan fingerprint density at radius 1 is 0.973 bits per heavy atom. The van der Waals surface area contributed by atoms with Crippen LogP contribution in [0.25, 0.3) is 32.9 Å². The molecule has 37 heavy (non-hydrogen) atoms. The van der Waals surface area contributed by atoms with Crippen molar-refractivity contribution in [2.75, 3.05) is 7.11 Å². The highest BCUT2D eigenvalue weighted by Crippen LogP contribution is 2.41. The summed E-state index contributed by atoms with van der Waals surface area (Å²) in [6.07, 6.45) is 1.49. The first-order valence-corrected chi connectivity index (χ1v) is 15.1. The number of benzene rings is 2. The fraction of sp³-hybridized carbons (Fsp3) is 0.333. The zero-order valence-electron chi connectivity index (χ0n) is 22.2. The molecule has 2 heterocycles. The van der Waals surface area contributed by atoms with E-state index in [1.165, 1.54) is 25.4 Å². The quantitative estimate of drug-likeness (QED) is 0.188. The number of aromatic nitrogens is 2. The summed E-state index contributed by atoms with van der Waals surface area (Å²) in [5.41, 5.74) is 5.61. The third kappa shape index (κ3) is 4.60. The molecule has 3 nitrogen and oxygen atoms in total. The van der Waals surface area contributed by atoms with Crippen molar-refractivity contribution in [2.24, 2.45) is 0 Å². The molecule has 4 aromatic rings. The van der Waals surface area contributed by atoms with Gasteiger partial charge in [-0.3, -0.25) is 4.98 Å². The SMILES string of the molecule is COc1cc(Cl)c2cnc(-c3cccc4ccc(F)c(C#C[Si](C(C)C)(C(C)C)C(C)C)c34)c(F)c2n1. The van der Waals surface area contributed by atoms with Crippen LogP contribution in [0.2, 0.25) is 21.6 Å². The summed E-state index contributed by atoms with van der Waals surface area (Å²) in [7, 11) is -0.695. The average Bonchev–Trinajstić information content (AvgIpc) is 2.85. The number of hydrogen-bond donors (Lipinski definition) is 0. The molecular formula is C30H31ClF2N2OSi. The normalized spacial score (nSPS) is 12.0. The summed E-state index contributed by atoms with van der Waals surface area (Å²) in [6, 6.07) is 10.0. The molecule has 0 saturated heterocycles. The molecule has 4 rings (SSSR count). The maximum Gasteiger partial charge on any atom is 0.215 e. The molecule has 0 amide bonds. The summed E-state index contributed by atoms with van der Waals surface area (Å²) < 4.78 is 36.6. The lowest BCUT2D eigenvalue weighted by Gasteiger charge is -2.38. The Labute approximate surface area is 223 Å². The molecule has 0 atom stereocenters. The number of nitrogens with zero attached hydrogens (tertiary/aromatic N) is 2. The van der Waals surface area contributed by atoms with Gasteiger partial charge < -0.3 is 4.74 Å². The molecule has 0 spiro atoms. The van der Waals surface area contributed by atoms with E-state index in [2.05, 4.69) is 63.0 Å². The minimum atomic E-state index is -2.14. The van der Waals surface area contributed by atoms with E-state index in [1.807, 2.05) is 6.07 Å². The number of hydrogen-bond acceptors (Lipinski definition) is 3. The van der Waals surface area contributed by atoms with Crippen LogP contribution in [0.15, 0.2) is 42.6 Å².